The third kappa shape index (κ3) is 3.81. The number of amides is 1. The average molecular weight is 228 g/mol. The fraction of sp³-hybridized carbons (Fsp3) is 0.818. The van der Waals surface area contributed by atoms with Crippen LogP contribution in [0.2, 0.25) is 0 Å². The van der Waals surface area contributed by atoms with Crippen molar-refractivity contribution in [2.75, 3.05) is 19.6 Å². The number of nitrogens with zero attached hydrogens (tertiary/aromatic N) is 1. The van der Waals surface area contributed by atoms with Gasteiger partial charge in [-0.1, -0.05) is 0 Å². The predicted octanol–water partition coefficient (Wildman–Crippen LogP) is 0.439. The lowest BCUT2D eigenvalue weighted by atomic mass is 9.98. The number of aliphatic carboxylic acids is 1. The summed E-state index contributed by atoms with van der Waals surface area (Å²) in [5.74, 6) is -1.11. The normalized spacial score (nSPS) is 20.8. The highest BCUT2D eigenvalue weighted by Gasteiger charge is 2.27. The molecule has 1 aliphatic rings. The van der Waals surface area contributed by atoms with Gasteiger partial charge < -0.3 is 15.7 Å². The Balaban J connectivity index is 2.35. The van der Waals surface area contributed by atoms with E-state index in [9.17, 15) is 9.59 Å². The van der Waals surface area contributed by atoms with Crippen LogP contribution in [0.15, 0.2) is 0 Å². The number of nitrogens with two attached hydrogens (primary N) is 1. The molecule has 1 aliphatic heterocycles. The number of carbonyl (C=O) groups excluding carboxylic acids is 1. The summed E-state index contributed by atoms with van der Waals surface area (Å²) in [5, 5.41) is 8.90. The lowest BCUT2D eigenvalue weighted by Crippen LogP contribution is -2.42. The third-order valence-electron chi connectivity index (χ3n) is 2.97. The monoisotopic (exact) mass is 228 g/mol. The first kappa shape index (κ1) is 13.0. The Morgan fingerprint density at radius 2 is 2.12 bits per heavy atom. The number of carboxylic acids is 1. The van der Waals surface area contributed by atoms with E-state index in [0.717, 1.165) is 19.3 Å². The number of unbranched alkanes of at least 4 members (excludes halogenated alkanes) is 1. The molecule has 5 nitrogen and oxygen atoms in total. The Morgan fingerprint density at radius 1 is 1.38 bits per heavy atom. The number of carbonyl (C=O) groups is 2. The van der Waals surface area contributed by atoms with Gasteiger partial charge in [-0.05, 0) is 32.2 Å². The zero-order valence-corrected chi connectivity index (χ0v) is 9.52. The van der Waals surface area contributed by atoms with Crippen molar-refractivity contribution in [1.29, 1.82) is 0 Å². The lowest BCUT2D eigenvalue weighted by Gasteiger charge is -2.30. The van der Waals surface area contributed by atoms with E-state index >= 15 is 0 Å². The van der Waals surface area contributed by atoms with Crippen LogP contribution in [0.1, 0.15) is 32.1 Å². The molecule has 0 radical (unpaired) electrons. The molecule has 0 aromatic heterocycles. The van der Waals surface area contributed by atoms with Crippen LogP contribution >= 0.6 is 0 Å². The van der Waals surface area contributed by atoms with Crippen LogP contribution < -0.4 is 5.73 Å². The SMILES string of the molecule is NCCCCC(=O)N1CCC[C@H](C(=O)O)C1. The maximum atomic E-state index is 11.7. The van der Waals surface area contributed by atoms with Crippen molar-refractivity contribution in [3.8, 4) is 0 Å². The number of carboxylic acid groups (broad SMARTS) is 1. The van der Waals surface area contributed by atoms with Crippen LogP contribution in [0.5, 0.6) is 0 Å². The van der Waals surface area contributed by atoms with Gasteiger partial charge in [0.15, 0.2) is 0 Å². The first-order chi connectivity index (χ1) is 7.65. The van der Waals surface area contributed by atoms with Crippen molar-refractivity contribution in [3.63, 3.8) is 0 Å². The van der Waals surface area contributed by atoms with Gasteiger partial charge in [-0.3, -0.25) is 9.59 Å². The van der Waals surface area contributed by atoms with Gasteiger partial charge in [-0.25, -0.2) is 0 Å². The van der Waals surface area contributed by atoms with E-state index in [1.54, 1.807) is 4.90 Å². The van der Waals surface area contributed by atoms with Gasteiger partial charge >= 0.3 is 5.97 Å². The predicted molar refractivity (Wildman–Crippen MR) is 59.8 cm³/mol. The first-order valence-corrected chi connectivity index (χ1v) is 5.85. The van der Waals surface area contributed by atoms with Crippen LogP contribution in [-0.4, -0.2) is 41.5 Å². The second-order valence-electron chi connectivity index (χ2n) is 4.26. The van der Waals surface area contributed by atoms with E-state index in [0.29, 0.717) is 32.5 Å². The van der Waals surface area contributed by atoms with Gasteiger partial charge in [-0.2, -0.15) is 0 Å². The van der Waals surface area contributed by atoms with Crippen molar-refractivity contribution < 1.29 is 14.7 Å². The van der Waals surface area contributed by atoms with E-state index in [4.69, 9.17) is 10.8 Å². The molecule has 3 N–H and O–H groups in total. The van der Waals surface area contributed by atoms with E-state index in [1.165, 1.54) is 0 Å². The Kier molecular flexibility index (Phi) is 5.25. The van der Waals surface area contributed by atoms with Crippen LogP contribution in [0, 0.1) is 5.92 Å². The van der Waals surface area contributed by atoms with Gasteiger partial charge in [0.2, 0.25) is 5.91 Å². The van der Waals surface area contributed by atoms with E-state index in [2.05, 4.69) is 0 Å². The summed E-state index contributed by atoms with van der Waals surface area (Å²) in [7, 11) is 0. The lowest BCUT2D eigenvalue weighted by molar-refractivity contribution is -0.145. The molecular formula is C11H20N2O3. The molecule has 0 aliphatic carbocycles. The van der Waals surface area contributed by atoms with Gasteiger partial charge in [0, 0.05) is 19.5 Å². The van der Waals surface area contributed by atoms with Gasteiger partial charge in [-0.15, -0.1) is 0 Å². The number of hydrogen-bond acceptors (Lipinski definition) is 3. The Hall–Kier alpha value is -1.10. The summed E-state index contributed by atoms with van der Waals surface area (Å²) in [4.78, 5) is 24.2. The summed E-state index contributed by atoms with van der Waals surface area (Å²) < 4.78 is 0. The molecule has 0 unspecified atom stereocenters. The third-order valence-corrected chi connectivity index (χ3v) is 2.97. The molecule has 0 saturated carbocycles. The molecular weight excluding hydrogens is 208 g/mol. The van der Waals surface area contributed by atoms with E-state index in [1.807, 2.05) is 0 Å². The maximum Gasteiger partial charge on any atom is 0.308 e. The zero-order chi connectivity index (χ0) is 12.0. The number of hydrogen-bond donors (Lipinski definition) is 2. The van der Waals surface area contributed by atoms with Crippen molar-refractivity contribution in [3.05, 3.63) is 0 Å². The fourth-order valence-electron chi connectivity index (χ4n) is 1.98. The number of rotatable bonds is 5. The quantitative estimate of drug-likeness (QED) is 0.669. The van der Waals surface area contributed by atoms with Crippen molar-refractivity contribution in [2.24, 2.45) is 11.7 Å². The van der Waals surface area contributed by atoms with Gasteiger partial charge in [0.05, 0.1) is 5.92 Å². The van der Waals surface area contributed by atoms with Gasteiger partial charge in [0.1, 0.15) is 0 Å². The molecule has 1 heterocycles. The molecule has 0 aromatic carbocycles. The molecule has 0 spiro atoms. The van der Waals surface area contributed by atoms with Crippen LogP contribution in [-0.2, 0) is 9.59 Å². The minimum absolute atomic E-state index is 0.0689. The highest BCUT2D eigenvalue weighted by atomic mass is 16.4. The molecule has 5 heteroatoms. The Morgan fingerprint density at radius 3 is 2.75 bits per heavy atom. The molecule has 1 rings (SSSR count). The van der Waals surface area contributed by atoms with E-state index in [-0.39, 0.29) is 11.8 Å². The summed E-state index contributed by atoms with van der Waals surface area (Å²) in [6, 6.07) is 0. The van der Waals surface area contributed by atoms with Crippen molar-refractivity contribution in [2.45, 2.75) is 32.1 Å². The van der Waals surface area contributed by atoms with Crippen molar-refractivity contribution >= 4 is 11.9 Å². The topological polar surface area (TPSA) is 83.6 Å². The molecule has 0 aromatic rings. The minimum atomic E-state index is -0.792. The van der Waals surface area contributed by atoms with Crippen LogP contribution in [0.3, 0.4) is 0 Å². The molecule has 1 saturated heterocycles. The second-order valence-corrected chi connectivity index (χ2v) is 4.26. The molecule has 1 atom stereocenters. The molecule has 1 fully saturated rings. The van der Waals surface area contributed by atoms with E-state index < -0.39 is 5.97 Å². The zero-order valence-electron chi connectivity index (χ0n) is 9.52. The largest absolute Gasteiger partial charge is 0.481 e. The van der Waals surface area contributed by atoms with Gasteiger partial charge in [0.25, 0.3) is 0 Å². The Bertz CT molecular complexity index is 256. The molecule has 92 valence electrons. The summed E-state index contributed by atoms with van der Waals surface area (Å²) in [6.45, 7) is 1.67. The molecule has 16 heavy (non-hydrogen) atoms. The smallest absolute Gasteiger partial charge is 0.308 e. The maximum absolute atomic E-state index is 11.7. The standard InChI is InChI=1S/C11H20N2O3/c12-6-2-1-5-10(14)13-7-3-4-9(8-13)11(15)16/h9H,1-8,12H2,(H,15,16)/t9-/m0/s1. The van der Waals surface area contributed by atoms with Crippen molar-refractivity contribution in [1.82, 2.24) is 4.90 Å². The summed E-state index contributed by atoms with van der Waals surface area (Å²) in [6.07, 6.45) is 3.61. The average Bonchev–Trinajstić information content (AvgIpc) is 2.29. The Labute approximate surface area is 95.6 Å². The first-order valence-electron chi connectivity index (χ1n) is 5.85. The highest BCUT2D eigenvalue weighted by Crippen LogP contribution is 2.17. The summed E-state index contributed by atoms with van der Waals surface area (Å²) in [5.41, 5.74) is 5.35. The number of piperidine rings is 1. The molecule has 0 bridgehead atoms. The second kappa shape index (κ2) is 6.48. The molecule has 1 amide bonds. The van der Waals surface area contributed by atoms with Crippen LogP contribution in [0.25, 0.3) is 0 Å². The summed E-state index contributed by atoms with van der Waals surface area (Å²) >= 11 is 0. The number of likely N-dealkylation sites (tertiary alicyclic amines) is 1. The van der Waals surface area contributed by atoms with Crippen LogP contribution in [0.4, 0.5) is 0 Å². The fourth-order valence-corrected chi connectivity index (χ4v) is 1.98. The highest BCUT2D eigenvalue weighted by molar-refractivity contribution is 5.78. The minimum Gasteiger partial charge on any atom is -0.481 e.